The SMILES string of the molecule is O=C1c2c(n(O)c3ccc(Cl)cc3c2=O)CCC1c1ccc(F)cc1. The summed E-state index contributed by atoms with van der Waals surface area (Å²) in [6, 6.07) is 10.3. The normalized spacial score (nSPS) is 16.9. The van der Waals surface area contributed by atoms with Gasteiger partial charge >= 0.3 is 0 Å². The molecule has 4 nitrogen and oxygen atoms in total. The van der Waals surface area contributed by atoms with Gasteiger partial charge in [0.2, 0.25) is 5.43 Å². The van der Waals surface area contributed by atoms with Crippen molar-refractivity contribution < 1.29 is 14.4 Å². The fourth-order valence-corrected chi connectivity index (χ4v) is 3.65. The van der Waals surface area contributed by atoms with Gasteiger partial charge in [0.05, 0.1) is 22.2 Å². The summed E-state index contributed by atoms with van der Waals surface area (Å²) in [5.74, 6) is -1.27. The van der Waals surface area contributed by atoms with Crippen LogP contribution in [0.15, 0.2) is 47.3 Å². The Morgan fingerprint density at radius 1 is 1.12 bits per heavy atom. The number of ketones is 1. The van der Waals surface area contributed by atoms with E-state index in [1.54, 1.807) is 24.3 Å². The van der Waals surface area contributed by atoms with Crippen molar-refractivity contribution in [2.24, 2.45) is 0 Å². The molecule has 0 amide bonds. The molecule has 3 aromatic rings. The van der Waals surface area contributed by atoms with E-state index in [9.17, 15) is 19.2 Å². The van der Waals surface area contributed by atoms with Crippen molar-refractivity contribution in [3.63, 3.8) is 0 Å². The quantitative estimate of drug-likeness (QED) is 0.671. The minimum atomic E-state index is -0.530. The molecular formula is C19H13ClFNO3. The molecule has 1 heterocycles. The number of nitrogens with zero attached hydrogens (tertiary/aromatic N) is 1. The van der Waals surface area contributed by atoms with Crippen LogP contribution in [-0.4, -0.2) is 15.7 Å². The van der Waals surface area contributed by atoms with Crippen LogP contribution in [0.25, 0.3) is 10.9 Å². The van der Waals surface area contributed by atoms with Crippen LogP contribution in [0, 0.1) is 5.82 Å². The van der Waals surface area contributed by atoms with Gasteiger partial charge in [0.15, 0.2) is 5.78 Å². The minimum Gasteiger partial charge on any atom is -0.428 e. The molecule has 1 N–H and O–H groups in total. The lowest BCUT2D eigenvalue weighted by molar-refractivity contribution is 0.0932. The van der Waals surface area contributed by atoms with Gasteiger partial charge in [0.25, 0.3) is 0 Å². The van der Waals surface area contributed by atoms with Gasteiger partial charge in [-0.1, -0.05) is 23.7 Å². The maximum atomic E-state index is 13.1. The maximum absolute atomic E-state index is 13.1. The molecule has 0 fully saturated rings. The fourth-order valence-electron chi connectivity index (χ4n) is 3.48. The first-order valence-corrected chi connectivity index (χ1v) is 8.21. The standard InChI is InChI=1S/C19H13ClFNO3/c20-11-3-7-15-14(9-11)19(24)17-16(22(15)25)8-6-13(18(17)23)10-1-4-12(21)5-2-10/h1-5,7,9,13,25H,6,8H2. The van der Waals surface area contributed by atoms with Gasteiger partial charge < -0.3 is 5.21 Å². The number of halogens is 2. The van der Waals surface area contributed by atoms with E-state index in [4.69, 9.17) is 11.6 Å². The van der Waals surface area contributed by atoms with Crippen molar-refractivity contribution in [1.29, 1.82) is 0 Å². The Hall–Kier alpha value is -2.66. The molecule has 0 saturated heterocycles. The summed E-state index contributed by atoms with van der Waals surface area (Å²) in [5, 5.41) is 11.0. The van der Waals surface area contributed by atoms with Crippen LogP contribution in [0.4, 0.5) is 4.39 Å². The van der Waals surface area contributed by atoms with Crippen LogP contribution in [0.5, 0.6) is 0 Å². The monoisotopic (exact) mass is 357 g/mol. The molecule has 6 heteroatoms. The summed E-state index contributed by atoms with van der Waals surface area (Å²) in [5.41, 5.74) is 0.837. The van der Waals surface area contributed by atoms with E-state index in [1.807, 2.05) is 0 Å². The average molecular weight is 358 g/mol. The Balaban J connectivity index is 1.92. The van der Waals surface area contributed by atoms with Crippen LogP contribution in [-0.2, 0) is 6.42 Å². The lowest BCUT2D eigenvalue weighted by atomic mass is 9.80. The first-order valence-electron chi connectivity index (χ1n) is 7.83. The summed E-state index contributed by atoms with van der Waals surface area (Å²) in [6.07, 6.45) is 0.810. The molecule has 0 radical (unpaired) electrons. The van der Waals surface area contributed by atoms with Crippen LogP contribution in [0.1, 0.15) is 34.0 Å². The first kappa shape index (κ1) is 15.8. The molecule has 1 aliphatic rings. The third-order valence-electron chi connectivity index (χ3n) is 4.71. The summed E-state index contributed by atoms with van der Waals surface area (Å²) in [7, 11) is 0. The van der Waals surface area contributed by atoms with Crippen molar-refractivity contribution in [2.45, 2.75) is 18.8 Å². The number of carbonyl (C=O) groups is 1. The third-order valence-corrected chi connectivity index (χ3v) is 4.94. The maximum Gasteiger partial charge on any atom is 0.200 e. The van der Waals surface area contributed by atoms with E-state index in [0.29, 0.717) is 34.6 Å². The second-order valence-corrected chi connectivity index (χ2v) is 6.57. The molecule has 4 rings (SSSR count). The Morgan fingerprint density at radius 3 is 2.56 bits per heavy atom. The smallest absolute Gasteiger partial charge is 0.200 e. The zero-order valence-electron chi connectivity index (χ0n) is 13.0. The van der Waals surface area contributed by atoms with Gasteiger partial charge in [0.1, 0.15) is 5.82 Å². The van der Waals surface area contributed by atoms with E-state index in [1.165, 1.54) is 18.2 Å². The van der Waals surface area contributed by atoms with Crippen LogP contribution >= 0.6 is 11.6 Å². The van der Waals surface area contributed by atoms with Crippen molar-refractivity contribution in [3.8, 4) is 0 Å². The second-order valence-electron chi connectivity index (χ2n) is 6.13. The van der Waals surface area contributed by atoms with Crippen LogP contribution in [0.2, 0.25) is 5.02 Å². The number of hydrogen-bond donors (Lipinski definition) is 1. The largest absolute Gasteiger partial charge is 0.428 e. The van der Waals surface area contributed by atoms with E-state index in [2.05, 4.69) is 0 Å². The first-order chi connectivity index (χ1) is 12.0. The number of rotatable bonds is 1. The van der Waals surface area contributed by atoms with Gasteiger partial charge in [0, 0.05) is 10.9 Å². The molecule has 1 aliphatic carbocycles. The Morgan fingerprint density at radius 2 is 1.84 bits per heavy atom. The number of hydrogen-bond acceptors (Lipinski definition) is 3. The zero-order valence-corrected chi connectivity index (χ0v) is 13.8. The summed E-state index contributed by atoms with van der Waals surface area (Å²) >= 11 is 5.95. The Bertz CT molecular complexity index is 1070. The molecule has 0 bridgehead atoms. The highest BCUT2D eigenvalue weighted by atomic mass is 35.5. The number of aromatic nitrogens is 1. The average Bonchev–Trinajstić information content (AvgIpc) is 2.60. The highest BCUT2D eigenvalue weighted by molar-refractivity contribution is 6.31. The van der Waals surface area contributed by atoms with Gasteiger partial charge in [-0.25, -0.2) is 4.39 Å². The van der Waals surface area contributed by atoms with Crippen molar-refractivity contribution in [1.82, 2.24) is 4.73 Å². The molecule has 0 saturated carbocycles. The molecule has 0 aliphatic heterocycles. The predicted octanol–water partition coefficient (Wildman–Crippen LogP) is 3.94. The lowest BCUT2D eigenvalue weighted by Gasteiger charge is -2.25. The lowest BCUT2D eigenvalue weighted by Crippen LogP contribution is -2.31. The highest BCUT2D eigenvalue weighted by Gasteiger charge is 2.33. The molecule has 126 valence electrons. The van der Waals surface area contributed by atoms with Gasteiger partial charge in [-0.3, -0.25) is 9.59 Å². The van der Waals surface area contributed by atoms with E-state index >= 15 is 0 Å². The van der Waals surface area contributed by atoms with Gasteiger partial charge in [-0.15, -0.1) is 0 Å². The van der Waals surface area contributed by atoms with Crippen molar-refractivity contribution in [2.75, 3.05) is 0 Å². The molecule has 1 aromatic heterocycles. The Kier molecular flexibility index (Phi) is 3.62. The van der Waals surface area contributed by atoms with Crippen LogP contribution < -0.4 is 5.43 Å². The third kappa shape index (κ3) is 2.43. The zero-order chi connectivity index (χ0) is 17.7. The number of pyridine rings is 1. The predicted molar refractivity (Wildman–Crippen MR) is 92.2 cm³/mol. The second kappa shape index (κ2) is 5.70. The van der Waals surface area contributed by atoms with E-state index in [0.717, 1.165) is 4.73 Å². The topological polar surface area (TPSA) is 59.3 Å². The van der Waals surface area contributed by atoms with Crippen molar-refractivity contribution in [3.05, 3.63) is 80.3 Å². The Labute approximate surface area is 147 Å². The highest BCUT2D eigenvalue weighted by Crippen LogP contribution is 2.33. The summed E-state index contributed by atoms with van der Waals surface area (Å²) in [6.45, 7) is 0. The molecule has 0 spiro atoms. The number of Topliss-reactive ketones (excluding diaryl/α,β-unsaturated/α-hetero) is 1. The van der Waals surface area contributed by atoms with Gasteiger partial charge in [-0.05, 0) is 48.7 Å². The number of fused-ring (bicyclic) bond motifs is 2. The van der Waals surface area contributed by atoms with E-state index < -0.39 is 11.3 Å². The summed E-state index contributed by atoms with van der Waals surface area (Å²) < 4.78 is 14.0. The molecular weight excluding hydrogens is 345 g/mol. The van der Waals surface area contributed by atoms with E-state index in [-0.39, 0.29) is 22.6 Å². The molecule has 2 aromatic carbocycles. The molecule has 1 atom stereocenters. The number of carbonyl (C=O) groups excluding carboxylic acids is 1. The number of benzene rings is 2. The summed E-state index contributed by atoms with van der Waals surface area (Å²) in [4.78, 5) is 25.8. The minimum absolute atomic E-state index is 0.0159. The molecule has 25 heavy (non-hydrogen) atoms. The van der Waals surface area contributed by atoms with Gasteiger partial charge in [-0.2, -0.15) is 4.73 Å². The van der Waals surface area contributed by atoms with Crippen molar-refractivity contribution >= 4 is 28.3 Å². The molecule has 1 unspecified atom stereocenters. The van der Waals surface area contributed by atoms with Crippen LogP contribution in [0.3, 0.4) is 0 Å². The fraction of sp³-hybridized carbons (Fsp3) is 0.158.